The van der Waals surface area contributed by atoms with E-state index in [1.165, 1.54) is 0 Å². The molecule has 0 bridgehead atoms. The van der Waals surface area contributed by atoms with Crippen molar-refractivity contribution in [1.82, 2.24) is 4.98 Å². The molecule has 0 spiro atoms. The maximum absolute atomic E-state index is 11.4. The molecule has 0 N–H and O–H groups in total. The average molecular weight is 272 g/mol. The highest BCUT2D eigenvalue weighted by molar-refractivity contribution is 5.91. The number of likely N-dealkylation sites (N-methyl/N-ethyl adjacent to an activating group) is 1. The SMILES string of the molecule is CCN(c1nc2ccccc2cc1C=O)C(C)COC. The summed E-state index contributed by atoms with van der Waals surface area (Å²) in [6.45, 7) is 5.49. The monoisotopic (exact) mass is 272 g/mol. The number of anilines is 1. The van der Waals surface area contributed by atoms with Crippen LogP contribution in [-0.2, 0) is 4.74 Å². The summed E-state index contributed by atoms with van der Waals surface area (Å²) in [4.78, 5) is 18.1. The van der Waals surface area contributed by atoms with E-state index >= 15 is 0 Å². The number of methoxy groups -OCH3 is 1. The molecule has 4 heteroatoms. The maximum atomic E-state index is 11.4. The number of aldehydes is 1. The molecule has 1 heterocycles. The zero-order valence-corrected chi connectivity index (χ0v) is 12.2. The molecule has 0 fully saturated rings. The highest BCUT2D eigenvalue weighted by Gasteiger charge is 2.18. The summed E-state index contributed by atoms with van der Waals surface area (Å²) in [7, 11) is 1.68. The van der Waals surface area contributed by atoms with Crippen molar-refractivity contribution in [3.8, 4) is 0 Å². The van der Waals surface area contributed by atoms with Crippen LogP contribution in [0.15, 0.2) is 30.3 Å². The molecule has 2 rings (SSSR count). The second-order valence-electron chi connectivity index (χ2n) is 4.80. The van der Waals surface area contributed by atoms with Gasteiger partial charge in [-0.2, -0.15) is 0 Å². The van der Waals surface area contributed by atoms with Gasteiger partial charge in [0.05, 0.1) is 23.7 Å². The Morgan fingerprint density at radius 2 is 2.15 bits per heavy atom. The van der Waals surface area contributed by atoms with Gasteiger partial charge in [-0.05, 0) is 26.0 Å². The van der Waals surface area contributed by atoms with Gasteiger partial charge in [-0.1, -0.05) is 18.2 Å². The van der Waals surface area contributed by atoms with Gasteiger partial charge in [0.1, 0.15) is 5.82 Å². The molecule has 0 saturated carbocycles. The van der Waals surface area contributed by atoms with Crippen LogP contribution in [0.4, 0.5) is 5.82 Å². The van der Waals surface area contributed by atoms with Gasteiger partial charge in [0.15, 0.2) is 6.29 Å². The van der Waals surface area contributed by atoms with Crippen molar-refractivity contribution in [3.63, 3.8) is 0 Å². The van der Waals surface area contributed by atoms with Crippen molar-refractivity contribution in [3.05, 3.63) is 35.9 Å². The Kier molecular flexibility index (Phi) is 4.69. The third kappa shape index (κ3) is 2.80. The molecule has 0 aliphatic rings. The largest absolute Gasteiger partial charge is 0.383 e. The summed E-state index contributed by atoms with van der Waals surface area (Å²) >= 11 is 0. The Hall–Kier alpha value is -1.94. The number of hydrogen-bond acceptors (Lipinski definition) is 4. The van der Waals surface area contributed by atoms with Gasteiger partial charge in [0, 0.05) is 19.0 Å². The molecular weight excluding hydrogens is 252 g/mol. The van der Waals surface area contributed by atoms with Crippen LogP contribution in [0.1, 0.15) is 24.2 Å². The Balaban J connectivity index is 2.52. The Morgan fingerprint density at radius 3 is 2.80 bits per heavy atom. The van der Waals surface area contributed by atoms with Gasteiger partial charge in [-0.15, -0.1) is 0 Å². The van der Waals surface area contributed by atoms with Crippen molar-refractivity contribution >= 4 is 23.0 Å². The van der Waals surface area contributed by atoms with Crippen LogP contribution in [0.3, 0.4) is 0 Å². The van der Waals surface area contributed by atoms with Crippen LogP contribution in [-0.4, -0.2) is 37.6 Å². The molecule has 0 aliphatic heterocycles. The van der Waals surface area contributed by atoms with E-state index in [1.54, 1.807) is 7.11 Å². The summed E-state index contributed by atoms with van der Waals surface area (Å²) in [6.07, 6.45) is 0.872. The highest BCUT2D eigenvalue weighted by atomic mass is 16.5. The molecule has 106 valence electrons. The lowest BCUT2D eigenvalue weighted by Gasteiger charge is -2.29. The molecule has 1 atom stereocenters. The number of fused-ring (bicyclic) bond motifs is 1. The molecule has 0 aliphatic carbocycles. The van der Waals surface area contributed by atoms with Gasteiger partial charge in [-0.3, -0.25) is 4.79 Å². The summed E-state index contributed by atoms with van der Waals surface area (Å²) < 4.78 is 5.21. The van der Waals surface area contributed by atoms with Crippen LogP contribution >= 0.6 is 0 Å². The molecule has 20 heavy (non-hydrogen) atoms. The number of carbonyl (C=O) groups excluding carboxylic acids is 1. The van der Waals surface area contributed by atoms with Gasteiger partial charge in [-0.25, -0.2) is 4.98 Å². The van der Waals surface area contributed by atoms with Crippen LogP contribution in [0.2, 0.25) is 0 Å². The fourth-order valence-electron chi connectivity index (χ4n) is 2.44. The van der Waals surface area contributed by atoms with Gasteiger partial charge in [0.25, 0.3) is 0 Å². The Morgan fingerprint density at radius 1 is 1.40 bits per heavy atom. The van der Waals surface area contributed by atoms with Crippen molar-refractivity contribution in [1.29, 1.82) is 0 Å². The summed E-state index contributed by atoms with van der Waals surface area (Å²) in [5, 5.41) is 0.980. The zero-order valence-electron chi connectivity index (χ0n) is 12.2. The lowest BCUT2D eigenvalue weighted by atomic mass is 10.1. The van der Waals surface area contributed by atoms with Crippen molar-refractivity contribution < 1.29 is 9.53 Å². The van der Waals surface area contributed by atoms with E-state index in [9.17, 15) is 4.79 Å². The number of hydrogen-bond donors (Lipinski definition) is 0. The first-order valence-corrected chi connectivity index (χ1v) is 6.81. The van der Waals surface area contributed by atoms with Crippen molar-refractivity contribution in [2.75, 3.05) is 25.2 Å². The first kappa shape index (κ1) is 14.5. The molecule has 1 aromatic carbocycles. The average Bonchev–Trinajstić information content (AvgIpc) is 2.47. The van der Waals surface area contributed by atoms with Crippen LogP contribution in [0.5, 0.6) is 0 Å². The number of aromatic nitrogens is 1. The standard InChI is InChI=1S/C16H20N2O2/c1-4-18(12(2)11-20-3)16-14(10-19)9-13-7-5-6-8-15(13)17-16/h5-10,12H,4,11H2,1-3H3. The number of pyridine rings is 1. The third-order valence-electron chi connectivity index (χ3n) is 3.41. The first-order valence-electron chi connectivity index (χ1n) is 6.81. The Bertz CT molecular complexity index is 598. The summed E-state index contributed by atoms with van der Waals surface area (Å²) in [5.74, 6) is 0.728. The molecule has 1 unspecified atom stereocenters. The topological polar surface area (TPSA) is 42.4 Å². The minimum atomic E-state index is 0.164. The fourth-order valence-corrected chi connectivity index (χ4v) is 2.44. The third-order valence-corrected chi connectivity index (χ3v) is 3.41. The number of para-hydroxylation sites is 1. The number of benzene rings is 1. The van der Waals surface area contributed by atoms with Gasteiger partial charge >= 0.3 is 0 Å². The van der Waals surface area contributed by atoms with Gasteiger partial charge < -0.3 is 9.64 Å². The minimum absolute atomic E-state index is 0.164. The lowest BCUT2D eigenvalue weighted by Crippen LogP contribution is -2.37. The van der Waals surface area contributed by atoms with Gasteiger partial charge in [0.2, 0.25) is 0 Å². The van der Waals surface area contributed by atoms with Crippen molar-refractivity contribution in [2.45, 2.75) is 19.9 Å². The quantitative estimate of drug-likeness (QED) is 0.758. The van der Waals surface area contributed by atoms with Crippen LogP contribution in [0, 0.1) is 0 Å². The smallest absolute Gasteiger partial charge is 0.153 e. The molecule has 2 aromatic rings. The van der Waals surface area contributed by atoms with E-state index < -0.39 is 0 Å². The highest BCUT2D eigenvalue weighted by Crippen LogP contribution is 2.24. The first-order chi connectivity index (χ1) is 9.71. The summed E-state index contributed by atoms with van der Waals surface area (Å²) in [6, 6.07) is 9.89. The second kappa shape index (κ2) is 6.48. The van der Waals surface area contributed by atoms with E-state index in [2.05, 4.69) is 23.7 Å². The molecule has 0 amide bonds. The molecular formula is C16H20N2O2. The normalized spacial score (nSPS) is 12.3. The minimum Gasteiger partial charge on any atom is -0.383 e. The number of ether oxygens (including phenoxy) is 1. The zero-order chi connectivity index (χ0) is 14.5. The number of rotatable bonds is 6. The van der Waals surface area contributed by atoms with Crippen LogP contribution < -0.4 is 4.90 Å². The van der Waals surface area contributed by atoms with E-state index in [0.29, 0.717) is 12.2 Å². The van der Waals surface area contributed by atoms with E-state index in [4.69, 9.17) is 4.74 Å². The van der Waals surface area contributed by atoms with Crippen LogP contribution in [0.25, 0.3) is 10.9 Å². The molecule has 0 saturated heterocycles. The van der Waals surface area contributed by atoms with E-state index in [-0.39, 0.29) is 6.04 Å². The molecule has 0 radical (unpaired) electrons. The summed E-state index contributed by atoms with van der Waals surface area (Å²) in [5.41, 5.74) is 1.52. The van der Waals surface area contributed by atoms with Crippen molar-refractivity contribution in [2.24, 2.45) is 0 Å². The predicted octanol–water partition coefficient (Wildman–Crippen LogP) is 2.91. The fraction of sp³-hybridized carbons (Fsp3) is 0.375. The Labute approximate surface area is 119 Å². The predicted molar refractivity (Wildman–Crippen MR) is 81.5 cm³/mol. The number of nitrogens with zero attached hydrogens (tertiary/aromatic N) is 2. The maximum Gasteiger partial charge on any atom is 0.153 e. The van der Waals surface area contributed by atoms with E-state index in [1.807, 2.05) is 30.3 Å². The number of carbonyl (C=O) groups is 1. The lowest BCUT2D eigenvalue weighted by molar-refractivity contribution is 0.112. The van der Waals surface area contributed by atoms with E-state index in [0.717, 1.165) is 29.6 Å². The molecule has 4 nitrogen and oxygen atoms in total. The second-order valence-corrected chi connectivity index (χ2v) is 4.80. The molecule has 1 aromatic heterocycles.